The summed E-state index contributed by atoms with van der Waals surface area (Å²) in [5.74, 6) is 5.99. The van der Waals surface area contributed by atoms with Gasteiger partial charge >= 0.3 is 0 Å². The van der Waals surface area contributed by atoms with Crippen molar-refractivity contribution in [1.29, 1.82) is 0 Å². The number of phenolic OH excluding ortho intramolecular Hbond substituents is 2. The third-order valence-corrected chi connectivity index (χ3v) is 13.8. The number of aromatic hydroxyl groups is 2. The van der Waals surface area contributed by atoms with Crippen molar-refractivity contribution >= 4 is 11.6 Å². The highest BCUT2D eigenvalue weighted by atomic mass is 16.5. The number of phenols is 2. The van der Waals surface area contributed by atoms with Crippen molar-refractivity contribution in [3.8, 4) is 91.2 Å². The summed E-state index contributed by atoms with van der Waals surface area (Å²) in [6.45, 7) is 15.6. The Balaban J connectivity index is 0.786. The summed E-state index contributed by atoms with van der Waals surface area (Å²) in [5, 5.41) is 20.6. The maximum absolute atomic E-state index is 13.7. The Kier molecular flexibility index (Phi) is 14.9. The van der Waals surface area contributed by atoms with Gasteiger partial charge < -0.3 is 33.9 Å². The number of benzene rings is 10. The molecule has 0 spiro atoms. The second-order valence-electron chi connectivity index (χ2n) is 20.0. The lowest BCUT2D eigenvalue weighted by atomic mass is 9.96. The van der Waals surface area contributed by atoms with Crippen LogP contribution in [0.5, 0.6) is 69.0 Å². The van der Waals surface area contributed by atoms with Crippen LogP contribution in [0.15, 0.2) is 194 Å². The van der Waals surface area contributed by atoms with Crippen LogP contribution in [0.3, 0.4) is 0 Å². The van der Waals surface area contributed by atoms with E-state index in [0.717, 1.165) is 78.3 Å². The molecule has 0 aromatic heterocycles. The largest absolute Gasteiger partial charge is 0.507 e. The standard InChI is InChI=1S/C70H58O9/c1-41-30-53(31-42(2)65(41)71)55-34-45(5)69(46(6)35-55)78-60-26-18-51(19-27-60)67(73)49-14-22-58(23-15-49)76-63-38-62(75-57-12-10-9-11-13-57)39-64(40-63)77-59-24-16-50(17-25-59)68(74)52-20-28-61(29-21-52)79-70-47(7)36-56(37-48(70)8)54-32-43(3)66(72)44(4)33-54/h9-40,71-72H,1-8H3. The van der Waals surface area contributed by atoms with Crippen molar-refractivity contribution in [1.82, 2.24) is 0 Å². The molecule has 0 saturated carbocycles. The van der Waals surface area contributed by atoms with Gasteiger partial charge in [-0.25, -0.2) is 0 Å². The number of aryl methyl sites for hydroxylation is 8. The number of carbonyl (C=O) groups is 2. The van der Waals surface area contributed by atoms with Crippen LogP contribution in [0.4, 0.5) is 0 Å². The van der Waals surface area contributed by atoms with Crippen LogP contribution >= 0.6 is 0 Å². The number of rotatable bonds is 16. The molecule has 0 fully saturated rings. The fraction of sp³-hybridized carbons (Fsp3) is 0.114. The molecule has 0 amide bonds. The van der Waals surface area contributed by atoms with Gasteiger partial charge in [0.25, 0.3) is 0 Å². The Morgan fingerprint density at radius 1 is 0.266 bits per heavy atom. The molecule has 9 heteroatoms. The average Bonchev–Trinajstić information content (AvgIpc) is 3.47. The van der Waals surface area contributed by atoms with Crippen LogP contribution in [-0.4, -0.2) is 21.8 Å². The molecule has 0 bridgehead atoms. The fourth-order valence-corrected chi connectivity index (χ4v) is 9.69. The summed E-state index contributed by atoms with van der Waals surface area (Å²) in [7, 11) is 0. The van der Waals surface area contributed by atoms with E-state index in [1.807, 2.05) is 110 Å². The highest BCUT2D eigenvalue weighted by molar-refractivity contribution is 6.09. The molecular weight excluding hydrogens is 985 g/mol. The molecule has 0 aliphatic rings. The molecule has 9 nitrogen and oxygen atoms in total. The minimum absolute atomic E-state index is 0.152. The predicted octanol–water partition coefficient (Wildman–Crippen LogP) is 18.3. The normalized spacial score (nSPS) is 11.0. The second-order valence-corrected chi connectivity index (χ2v) is 20.0. The van der Waals surface area contributed by atoms with Crippen molar-refractivity contribution < 1.29 is 43.5 Å². The zero-order chi connectivity index (χ0) is 55.5. The minimum atomic E-state index is -0.152. The number of carbonyl (C=O) groups excluding carboxylic acids is 2. The fourth-order valence-electron chi connectivity index (χ4n) is 9.69. The van der Waals surface area contributed by atoms with Crippen molar-refractivity contribution in [2.75, 3.05) is 0 Å². The number of hydrogen-bond donors (Lipinski definition) is 2. The molecule has 0 aliphatic carbocycles. The molecule has 0 atom stereocenters. The molecule has 0 heterocycles. The van der Waals surface area contributed by atoms with Gasteiger partial charge in [-0.2, -0.15) is 0 Å². The Morgan fingerprint density at radius 3 is 0.759 bits per heavy atom. The number of ketones is 2. The highest BCUT2D eigenvalue weighted by Gasteiger charge is 2.17. The number of hydrogen-bond acceptors (Lipinski definition) is 9. The van der Waals surface area contributed by atoms with Crippen molar-refractivity contribution in [2.24, 2.45) is 0 Å². The van der Waals surface area contributed by atoms with Gasteiger partial charge in [-0.05, 0) is 280 Å². The Morgan fingerprint density at radius 2 is 0.494 bits per heavy atom. The zero-order valence-corrected chi connectivity index (χ0v) is 45.2. The van der Waals surface area contributed by atoms with Crippen molar-refractivity contribution in [3.63, 3.8) is 0 Å². The molecule has 0 unspecified atom stereocenters. The van der Waals surface area contributed by atoms with E-state index >= 15 is 0 Å². The van der Waals surface area contributed by atoms with Gasteiger partial charge in [0.2, 0.25) is 0 Å². The average molecular weight is 1040 g/mol. The monoisotopic (exact) mass is 1040 g/mol. The summed E-state index contributed by atoms with van der Waals surface area (Å²) in [4.78, 5) is 27.4. The van der Waals surface area contributed by atoms with E-state index in [1.54, 1.807) is 115 Å². The first-order valence-electron chi connectivity index (χ1n) is 25.9. The third kappa shape index (κ3) is 11.9. The first kappa shape index (κ1) is 52.6. The molecule has 2 N–H and O–H groups in total. The zero-order valence-electron chi connectivity index (χ0n) is 45.2. The van der Waals surface area contributed by atoms with Crippen LogP contribution in [0.2, 0.25) is 0 Å². The summed E-state index contributed by atoms with van der Waals surface area (Å²) in [6.07, 6.45) is 0. The van der Waals surface area contributed by atoms with E-state index in [9.17, 15) is 19.8 Å². The lowest BCUT2D eigenvalue weighted by Crippen LogP contribution is -2.01. The maximum atomic E-state index is 13.7. The van der Waals surface area contributed by atoms with E-state index in [1.165, 1.54) is 0 Å². The molecular formula is C70H58O9. The Hall–Kier alpha value is -9.86. The van der Waals surface area contributed by atoms with Gasteiger partial charge in [-0.1, -0.05) is 18.2 Å². The summed E-state index contributed by atoms with van der Waals surface area (Å²) >= 11 is 0. The lowest BCUT2D eigenvalue weighted by Gasteiger charge is -2.15. The van der Waals surface area contributed by atoms with Gasteiger partial charge in [0.05, 0.1) is 0 Å². The van der Waals surface area contributed by atoms with Crippen molar-refractivity contribution in [2.45, 2.75) is 55.4 Å². The predicted molar refractivity (Wildman–Crippen MR) is 311 cm³/mol. The van der Waals surface area contributed by atoms with Crippen LogP contribution in [0, 0.1) is 55.4 Å². The highest BCUT2D eigenvalue weighted by Crippen LogP contribution is 2.40. The van der Waals surface area contributed by atoms with Crippen LogP contribution in [0.1, 0.15) is 76.4 Å². The van der Waals surface area contributed by atoms with Gasteiger partial charge in [0, 0.05) is 40.5 Å². The van der Waals surface area contributed by atoms with Crippen LogP contribution in [-0.2, 0) is 0 Å². The van der Waals surface area contributed by atoms with E-state index < -0.39 is 0 Å². The topological polar surface area (TPSA) is 121 Å². The molecule has 10 aromatic rings. The van der Waals surface area contributed by atoms with Crippen molar-refractivity contribution in [3.05, 3.63) is 261 Å². The molecule has 10 aromatic carbocycles. The number of para-hydroxylation sites is 1. The Bertz CT molecular complexity index is 3590. The molecule has 0 saturated heterocycles. The van der Waals surface area contributed by atoms with Gasteiger partial charge in [-0.15, -0.1) is 0 Å². The van der Waals surface area contributed by atoms with Gasteiger partial charge in [0.15, 0.2) is 11.6 Å². The summed E-state index contributed by atoms with van der Waals surface area (Å²) < 4.78 is 31.6. The second kappa shape index (κ2) is 22.4. The van der Waals surface area contributed by atoms with E-state index in [4.69, 9.17) is 23.7 Å². The van der Waals surface area contributed by atoms with Crippen LogP contribution < -0.4 is 23.7 Å². The molecule has 392 valence electrons. The van der Waals surface area contributed by atoms with Gasteiger partial charge in [-0.3, -0.25) is 9.59 Å². The van der Waals surface area contributed by atoms with E-state index in [-0.39, 0.29) is 11.6 Å². The first-order chi connectivity index (χ1) is 38.0. The minimum Gasteiger partial charge on any atom is -0.507 e. The van der Waals surface area contributed by atoms with E-state index in [2.05, 4.69) is 24.3 Å². The Labute approximate surface area is 460 Å². The summed E-state index contributed by atoms with van der Waals surface area (Å²) in [6, 6.07) is 59.0. The van der Waals surface area contributed by atoms with Crippen LogP contribution in [0.25, 0.3) is 22.3 Å². The first-order valence-corrected chi connectivity index (χ1v) is 25.9. The SMILES string of the molecule is Cc1cc(-c2cc(C)c(Oc3ccc(C(=O)c4ccc(Oc5cc(Oc6ccccc6)cc(Oc6ccc(C(=O)c7ccc(Oc8c(C)cc(-c9cc(C)c(O)c(C)c9)cc8C)cc7)cc6)c5)cc4)cc3)c(C)c2)cc(C)c1O. The maximum Gasteiger partial charge on any atom is 0.193 e. The lowest BCUT2D eigenvalue weighted by molar-refractivity contribution is 0.103. The van der Waals surface area contributed by atoms with Gasteiger partial charge in [0.1, 0.15) is 69.0 Å². The molecule has 0 aliphatic heterocycles. The molecule has 0 radical (unpaired) electrons. The third-order valence-electron chi connectivity index (χ3n) is 13.8. The molecule has 79 heavy (non-hydrogen) atoms. The van der Waals surface area contributed by atoms with E-state index in [0.29, 0.717) is 79.7 Å². The summed E-state index contributed by atoms with van der Waals surface area (Å²) in [5.41, 5.74) is 13.3. The molecule has 10 rings (SSSR count). The quantitative estimate of drug-likeness (QED) is 0.0911. The number of ether oxygens (including phenoxy) is 5. The smallest absolute Gasteiger partial charge is 0.193 e.